The molecule has 0 amide bonds. The summed E-state index contributed by atoms with van der Waals surface area (Å²) in [5, 5.41) is 0. The minimum Gasteiger partial charge on any atom is -0.207 e. The number of rotatable bonds is 3. The molecule has 2 rings (SSSR count). The molecule has 106 valence electrons. The molecule has 0 radical (unpaired) electrons. The van der Waals surface area contributed by atoms with Crippen molar-refractivity contribution in [1.82, 2.24) is 0 Å². The lowest BCUT2D eigenvalue weighted by atomic mass is 9.82. The monoisotopic (exact) mass is 270 g/mol. The minimum absolute atomic E-state index is 0.187. The van der Waals surface area contributed by atoms with Crippen LogP contribution in [0, 0.1) is 11.2 Å². The van der Waals surface area contributed by atoms with Gasteiger partial charge in [0.25, 0.3) is 0 Å². The molecular formula is C19H23F. The van der Waals surface area contributed by atoms with Crippen molar-refractivity contribution in [3.63, 3.8) is 0 Å². The minimum atomic E-state index is -0.187. The molecule has 0 saturated heterocycles. The van der Waals surface area contributed by atoms with Gasteiger partial charge in [-0.15, -0.1) is 0 Å². The van der Waals surface area contributed by atoms with Gasteiger partial charge in [-0.05, 0) is 46.6 Å². The zero-order chi connectivity index (χ0) is 14.8. The first kappa shape index (κ1) is 14.8. The van der Waals surface area contributed by atoms with Gasteiger partial charge in [0, 0.05) is 0 Å². The van der Waals surface area contributed by atoms with Crippen molar-refractivity contribution in [2.45, 2.75) is 40.0 Å². The van der Waals surface area contributed by atoms with E-state index in [-0.39, 0.29) is 5.82 Å². The molecule has 0 aliphatic rings. The predicted octanol–water partition coefficient (Wildman–Crippen LogP) is 6.03. The Labute approximate surface area is 121 Å². The van der Waals surface area contributed by atoms with Gasteiger partial charge in [0.1, 0.15) is 5.82 Å². The number of hydrogen-bond donors (Lipinski definition) is 0. The highest BCUT2D eigenvalue weighted by atomic mass is 19.1. The molecule has 1 unspecified atom stereocenters. The molecular weight excluding hydrogens is 247 g/mol. The van der Waals surface area contributed by atoms with E-state index in [0.29, 0.717) is 11.3 Å². The molecule has 20 heavy (non-hydrogen) atoms. The highest BCUT2D eigenvalue weighted by Crippen LogP contribution is 2.31. The topological polar surface area (TPSA) is 0 Å². The molecule has 0 aliphatic carbocycles. The fraction of sp³-hybridized carbons (Fsp3) is 0.368. The molecule has 0 nitrogen and oxygen atoms in total. The molecule has 1 heteroatoms. The lowest BCUT2D eigenvalue weighted by molar-refractivity contribution is 0.349. The average Bonchev–Trinajstić information content (AvgIpc) is 2.37. The Morgan fingerprint density at radius 1 is 0.950 bits per heavy atom. The zero-order valence-corrected chi connectivity index (χ0v) is 12.8. The lowest BCUT2D eigenvalue weighted by Gasteiger charge is -2.23. The van der Waals surface area contributed by atoms with Crippen LogP contribution in [-0.4, -0.2) is 0 Å². The van der Waals surface area contributed by atoms with Crippen molar-refractivity contribution in [3.8, 4) is 11.1 Å². The molecule has 2 aromatic rings. The second-order valence-electron chi connectivity index (χ2n) is 6.80. The fourth-order valence-electron chi connectivity index (χ4n) is 2.71. The summed E-state index contributed by atoms with van der Waals surface area (Å²) in [7, 11) is 0. The van der Waals surface area contributed by atoms with Crippen molar-refractivity contribution in [3.05, 3.63) is 59.9 Å². The standard InChI is InChI=1S/C19H23F/c1-14(13-19(2,3)4)15-8-10-16(11-9-15)17-6-5-7-18(20)12-17/h5-12,14H,13H2,1-4H3. The van der Waals surface area contributed by atoms with Crippen LogP contribution in [-0.2, 0) is 0 Å². The molecule has 1 atom stereocenters. The summed E-state index contributed by atoms with van der Waals surface area (Å²) in [6, 6.07) is 15.2. The highest BCUT2D eigenvalue weighted by Gasteiger charge is 2.16. The average molecular weight is 270 g/mol. The molecule has 0 aliphatic heterocycles. The third-order valence-electron chi connectivity index (χ3n) is 3.56. The fourth-order valence-corrected chi connectivity index (χ4v) is 2.71. The van der Waals surface area contributed by atoms with Crippen LogP contribution in [0.25, 0.3) is 11.1 Å². The van der Waals surface area contributed by atoms with Gasteiger partial charge in [0.2, 0.25) is 0 Å². The van der Waals surface area contributed by atoms with Gasteiger partial charge < -0.3 is 0 Å². The van der Waals surface area contributed by atoms with E-state index in [0.717, 1.165) is 17.5 Å². The first-order valence-electron chi connectivity index (χ1n) is 7.21. The van der Waals surface area contributed by atoms with Gasteiger partial charge in [-0.25, -0.2) is 4.39 Å². The van der Waals surface area contributed by atoms with Crippen molar-refractivity contribution in [2.24, 2.45) is 5.41 Å². The van der Waals surface area contributed by atoms with Crippen molar-refractivity contribution in [2.75, 3.05) is 0 Å². The van der Waals surface area contributed by atoms with Crippen molar-refractivity contribution < 1.29 is 4.39 Å². The van der Waals surface area contributed by atoms with Gasteiger partial charge in [-0.2, -0.15) is 0 Å². The summed E-state index contributed by atoms with van der Waals surface area (Å²) in [6.45, 7) is 9.07. The Morgan fingerprint density at radius 3 is 2.15 bits per heavy atom. The van der Waals surface area contributed by atoms with Gasteiger partial charge in [0.05, 0.1) is 0 Å². The van der Waals surface area contributed by atoms with E-state index in [1.54, 1.807) is 12.1 Å². The van der Waals surface area contributed by atoms with E-state index >= 15 is 0 Å². The van der Waals surface area contributed by atoms with Crippen LogP contribution in [0.4, 0.5) is 4.39 Å². The number of hydrogen-bond acceptors (Lipinski definition) is 0. The molecule has 0 N–H and O–H groups in total. The molecule has 0 aromatic heterocycles. The summed E-state index contributed by atoms with van der Waals surface area (Å²) < 4.78 is 13.2. The maximum Gasteiger partial charge on any atom is 0.123 e. The molecule has 0 heterocycles. The summed E-state index contributed by atoms with van der Waals surface area (Å²) in [5.74, 6) is 0.351. The first-order valence-corrected chi connectivity index (χ1v) is 7.21. The Morgan fingerprint density at radius 2 is 1.60 bits per heavy atom. The quantitative estimate of drug-likeness (QED) is 0.638. The molecule has 0 spiro atoms. The Balaban J connectivity index is 2.18. The van der Waals surface area contributed by atoms with Crippen molar-refractivity contribution >= 4 is 0 Å². The molecule has 0 saturated carbocycles. The Kier molecular flexibility index (Phi) is 4.27. The van der Waals surface area contributed by atoms with Gasteiger partial charge in [-0.1, -0.05) is 64.1 Å². The summed E-state index contributed by atoms with van der Waals surface area (Å²) >= 11 is 0. The highest BCUT2D eigenvalue weighted by molar-refractivity contribution is 5.63. The van der Waals surface area contributed by atoms with E-state index in [1.807, 2.05) is 6.07 Å². The molecule has 0 fully saturated rings. The summed E-state index contributed by atoms with van der Waals surface area (Å²) in [5.41, 5.74) is 3.68. The van der Waals surface area contributed by atoms with Crippen LogP contribution in [0.15, 0.2) is 48.5 Å². The maximum absolute atomic E-state index is 13.2. The third-order valence-corrected chi connectivity index (χ3v) is 3.56. The second kappa shape index (κ2) is 5.78. The van der Waals surface area contributed by atoms with Crippen LogP contribution >= 0.6 is 0 Å². The van der Waals surface area contributed by atoms with E-state index in [9.17, 15) is 4.39 Å². The van der Waals surface area contributed by atoms with Crippen LogP contribution < -0.4 is 0 Å². The van der Waals surface area contributed by atoms with Gasteiger partial charge >= 0.3 is 0 Å². The largest absolute Gasteiger partial charge is 0.207 e. The zero-order valence-electron chi connectivity index (χ0n) is 12.8. The van der Waals surface area contributed by atoms with E-state index < -0.39 is 0 Å². The van der Waals surface area contributed by atoms with Crippen LogP contribution in [0.1, 0.15) is 45.6 Å². The lowest BCUT2D eigenvalue weighted by Crippen LogP contribution is -2.09. The van der Waals surface area contributed by atoms with E-state index in [4.69, 9.17) is 0 Å². The number of benzene rings is 2. The first-order chi connectivity index (χ1) is 9.35. The maximum atomic E-state index is 13.2. The van der Waals surface area contributed by atoms with Crippen molar-refractivity contribution in [1.29, 1.82) is 0 Å². The Bertz CT molecular complexity index is 561. The third kappa shape index (κ3) is 3.93. The summed E-state index contributed by atoms with van der Waals surface area (Å²) in [4.78, 5) is 0. The summed E-state index contributed by atoms with van der Waals surface area (Å²) in [6.07, 6.45) is 1.16. The van der Waals surface area contributed by atoms with Gasteiger partial charge in [-0.3, -0.25) is 0 Å². The van der Waals surface area contributed by atoms with Crippen LogP contribution in [0.5, 0.6) is 0 Å². The molecule has 2 aromatic carbocycles. The number of halogens is 1. The van der Waals surface area contributed by atoms with E-state index in [1.165, 1.54) is 11.6 Å². The predicted molar refractivity (Wildman–Crippen MR) is 84.3 cm³/mol. The smallest absolute Gasteiger partial charge is 0.123 e. The Hall–Kier alpha value is -1.63. The normalized spacial score (nSPS) is 13.2. The molecule has 0 bridgehead atoms. The van der Waals surface area contributed by atoms with Gasteiger partial charge in [0.15, 0.2) is 0 Å². The second-order valence-corrected chi connectivity index (χ2v) is 6.80. The SMILES string of the molecule is CC(CC(C)(C)C)c1ccc(-c2cccc(F)c2)cc1. The van der Waals surface area contributed by atoms with Crippen LogP contribution in [0.3, 0.4) is 0 Å². The van der Waals surface area contributed by atoms with E-state index in [2.05, 4.69) is 52.0 Å². The van der Waals surface area contributed by atoms with Crippen LogP contribution in [0.2, 0.25) is 0 Å².